The Labute approximate surface area is 125 Å². The fourth-order valence-corrected chi connectivity index (χ4v) is 2.49. The molecule has 1 N–H and O–H groups in total. The van der Waals surface area contributed by atoms with E-state index in [0.29, 0.717) is 14.8 Å². The summed E-state index contributed by atoms with van der Waals surface area (Å²) in [5.41, 5.74) is -0.166. The molecule has 2 aromatic rings. The van der Waals surface area contributed by atoms with Crippen LogP contribution in [0.5, 0.6) is 0 Å². The van der Waals surface area contributed by atoms with Crippen molar-refractivity contribution < 1.29 is 9.18 Å². The van der Waals surface area contributed by atoms with Gasteiger partial charge >= 0.3 is 0 Å². The number of H-pyrrole nitrogens is 1. The van der Waals surface area contributed by atoms with E-state index in [-0.39, 0.29) is 17.2 Å². The Bertz CT molecular complexity index is 840. The second-order valence-electron chi connectivity index (χ2n) is 5.74. The predicted molar refractivity (Wildman–Crippen MR) is 83.1 cm³/mol. The van der Waals surface area contributed by atoms with Crippen molar-refractivity contribution in [2.24, 2.45) is 5.41 Å². The lowest BCUT2D eigenvalue weighted by Crippen LogP contribution is -2.22. The van der Waals surface area contributed by atoms with E-state index in [0.717, 1.165) is 0 Å². The highest BCUT2D eigenvalue weighted by Gasteiger charge is 2.18. The normalized spacial score (nSPS) is 13.7. The van der Waals surface area contributed by atoms with Gasteiger partial charge < -0.3 is 4.98 Å². The largest absolute Gasteiger partial charge is 0.313 e. The third-order valence-corrected chi connectivity index (χ3v) is 3.79. The van der Waals surface area contributed by atoms with Gasteiger partial charge in [0.2, 0.25) is 0 Å². The first kappa shape index (κ1) is 15.4. The Morgan fingerprint density at radius 1 is 1.33 bits per heavy atom. The van der Waals surface area contributed by atoms with Gasteiger partial charge in [-0.1, -0.05) is 32.9 Å². The number of aromatic nitrogens is 1. The lowest BCUT2D eigenvalue weighted by molar-refractivity contribution is -0.119. The number of thiazole rings is 1. The molecule has 0 saturated carbocycles. The van der Waals surface area contributed by atoms with Crippen LogP contribution in [-0.4, -0.2) is 10.8 Å². The average Bonchev–Trinajstić information content (AvgIpc) is 2.68. The molecule has 0 aliphatic carbocycles. The zero-order valence-corrected chi connectivity index (χ0v) is 12.9. The van der Waals surface area contributed by atoms with E-state index >= 15 is 0 Å². The van der Waals surface area contributed by atoms with E-state index in [4.69, 9.17) is 0 Å². The van der Waals surface area contributed by atoms with Crippen molar-refractivity contribution >= 4 is 29.3 Å². The molecule has 0 unspecified atom stereocenters. The van der Waals surface area contributed by atoms with Crippen molar-refractivity contribution in [3.05, 3.63) is 55.2 Å². The summed E-state index contributed by atoms with van der Waals surface area (Å²) in [6, 6.07) is 5.99. The number of ketones is 1. The fraction of sp³-hybridized carbons (Fsp3) is 0.250. The molecule has 110 valence electrons. The van der Waals surface area contributed by atoms with Crippen molar-refractivity contribution in [2.75, 3.05) is 0 Å². The lowest BCUT2D eigenvalue weighted by Gasteiger charge is -2.12. The quantitative estimate of drug-likeness (QED) is 0.920. The second-order valence-corrected chi connectivity index (χ2v) is 6.83. The molecule has 1 aromatic carbocycles. The fourth-order valence-electron chi connectivity index (χ4n) is 1.61. The molecule has 0 amide bonds. The Balaban J connectivity index is 2.48. The van der Waals surface area contributed by atoms with E-state index in [1.807, 2.05) is 20.8 Å². The van der Waals surface area contributed by atoms with Gasteiger partial charge in [0.1, 0.15) is 5.82 Å². The minimum absolute atomic E-state index is 0.0581. The van der Waals surface area contributed by atoms with Crippen molar-refractivity contribution in [3.8, 4) is 0 Å². The van der Waals surface area contributed by atoms with Crippen molar-refractivity contribution in [3.63, 3.8) is 0 Å². The first-order chi connectivity index (χ1) is 9.75. The summed E-state index contributed by atoms with van der Waals surface area (Å²) in [5, 5.41) is 0. The van der Waals surface area contributed by atoms with Crippen LogP contribution in [0.2, 0.25) is 0 Å². The molecule has 0 aliphatic heterocycles. The third-order valence-electron chi connectivity index (χ3n) is 2.83. The zero-order valence-electron chi connectivity index (χ0n) is 12.1. The van der Waals surface area contributed by atoms with Crippen LogP contribution in [0.15, 0.2) is 29.1 Å². The topological polar surface area (TPSA) is 49.9 Å². The van der Waals surface area contributed by atoms with E-state index in [1.54, 1.807) is 18.2 Å². The molecular weight excluding hydrogens is 289 g/mol. The van der Waals surface area contributed by atoms with Crippen molar-refractivity contribution in [2.45, 2.75) is 20.8 Å². The van der Waals surface area contributed by atoms with Crippen LogP contribution in [0.4, 0.5) is 4.39 Å². The highest BCUT2D eigenvalue weighted by Crippen LogP contribution is 2.14. The van der Waals surface area contributed by atoms with Gasteiger partial charge in [-0.3, -0.25) is 9.59 Å². The number of benzene rings is 1. The molecule has 0 saturated heterocycles. The minimum atomic E-state index is -0.493. The van der Waals surface area contributed by atoms with Crippen LogP contribution in [0.1, 0.15) is 26.3 Å². The minimum Gasteiger partial charge on any atom is -0.313 e. The molecule has 0 radical (unpaired) electrons. The molecule has 0 bridgehead atoms. The summed E-state index contributed by atoms with van der Waals surface area (Å²) >= 11 is 1.18. The van der Waals surface area contributed by atoms with Crippen LogP contribution in [0.25, 0.3) is 12.2 Å². The molecule has 0 atom stereocenters. The Hall–Kier alpha value is -2.01. The standard InChI is InChI=1S/C16H16FNO2S/c1-16(2,3)13(19)9-14-18-15(20)12(21-14)8-10-5-4-6-11(17)7-10/h4-9H,1-3H3,(H,18,20)/b12-8-,14-9+. The summed E-state index contributed by atoms with van der Waals surface area (Å²) in [6.07, 6.45) is 3.04. The molecule has 5 heteroatoms. The molecule has 3 nitrogen and oxygen atoms in total. The molecule has 21 heavy (non-hydrogen) atoms. The number of Topliss-reactive ketones (excluding diaryl/α,β-unsaturated/α-hetero) is 1. The number of carbonyl (C=O) groups excluding carboxylic acids is 1. The van der Waals surface area contributed by atoms with Gasteiger partial charge in [0.05, 0.1) is 9.20 Å². The van der Waals surface area contributed by atoms with Gasteiger partial charge in [0, 0.05) is 11.5 Å². The second kappa shape index (κ2) is 5.77. The maximum absolute atomic E-state index is 13.1. The Morgan fingerprint density at radius 3 is 2.67 bits per heavy atom. The first-order valence-electron chi connectivity index (χ1n) is 6.48. The smallest absolute Gasteiger partial charge is 0.266 e. The van der Waals surface area contributed by atoms with E-state index in [9.17, 15) is 14.0 Å². The number of hydrogen-bond donors (Lipinski definition) is 1. The highest BCUT2D eigenvalue weighted by molar-refractivity contribution is 7.07. The summed E-state index contributed by atoms with van der Waals surface area (Å²) < 4.78 is 14.1. The summed E-state index contributed by atoms with van der Waals surface area (Å²) in [4.78, 5) is 26.4. The first-order valence-corrected chi connectivity index (χ1v) is 7.30. The summed E-state index contributed by atoms with van der Waals surface area (Å²) in [5.74, 6) is -0.413. The van der Waals surface area contributed by atoms with Gasteiger partial charge in [0.15, 0.2) is 5.78 Å². The lowest BCUT2D eigenvalue weighted by atomic mass is 9.91. The average molecular weight is 305 g/mol. The van der Waals surface area contributed by atoms with Crippen LogP contribution in [-0.2, 0) is 4.79 Å². The molecule has 2 rings (SSSR count). The molecule has 1 heterocycles. The monoisotopic (exact) mass is 305 g/mol. The number of halogens is 1. The number of carbonyl (C=O) groups is 1. The molecule has 0 aliphatic rings. The number of nitrogens with one attached hydrogen (secondary N) is 1. The van der Waals surface area contributed by atoms with Crippen LogP contribution in [0, 0.1) is 11.2 Å². The van der Waals surface area contributed by atoms with Gasteiger partial charge in [-0.2, -0.15) is 0 Å². The Kier molecular flexibility index (Phi) is 4.23. The number of hydrogen-bond acceptors (Lipinski definition) is 3. The van der Waals surface area contributed by atoms with Crippen LogP contribution in [0.3, 0.4) is 0 Å². The maximum atomic E-state index is 13.1. The molecular formula is C16H16FNO2S. The van der Waals surface area contributed by atoms with Gasteiger partial charge in [-0.15, -0.1) is 11.3 Å². The van der Waals surface area contributed by atoms with Gasteiger partial charge in [0.25, 0.3) is 5.56 Å². The SMILES string of the molecule is CC(C)(C)C(=O)/C=c1\[nH]c(=O)/c(=C/c2cccc(F)c2)s1. The zero-order chi connectivity index (χ0) is 15.6. The highest BCUT2D eigenvalue weighted by atomic mass is 32.1. The number of aromatic amines is 1. The third kappa shape index (κ3) is 3.98. The van der Waals surface area contributed by atoms with Gasteiger partial charge in [-0.05, 0) is 23.8 Å². The van der Waals surface area contributed by atoms with E-state index in [1.165, 1.54) is 29.5 Å². The van der Waals surface area contributed by atoms with Crippen molar-refractivity contribution in [1.82, 2.24) is 4.98 Å². The van der Waals surface area contributed by atoms with Crippen LogP contribution < -0.4 is 14.8 Å². The molecule has 0 fully saturated rings. The van der Waals surface area contributed by atoms with E-state index in [2.05, 4.69) is 4.98 Å². The summed E-state index contributed by atoms with van der Waals surface area (Å²) in [7, 11) is 0. The van der Waals surface area contributed by atoms with Gasteiger partial charge in [-0.25, -0.2) is 4.39 Å². The van der Waals surface area contributed by atoms with E-state index < -0.39 is 5.41 Å². The maximum Gasteiger partial charge on any atom is 0.266 e. The van der Waals surface area contributed by atoms with Crippen molar-refractivity contribution in [1.29, 1.82) is 0 Å². The number of rotatable bonds is 2. The molecule has 1 aromatic heterocycles. The predicted octanol–water partition coefficient (Wildman–Crippen LogP) is 1.80. The summed E-state index contributed by atoms with van der Waals surface area (Å²) in [6.45, 7) is 5.45. The molecule has 0 spiro atoms. The van der Waals surface area contributed by atoms with Crippen LogP contribution >= 0.6 is 11.3 Å². The Morgan fingerprint density at radius 2 is 2.05 bits per heavy atom.